The topological polar surface area (TPSA) is 109 Å². The first kappa shape index (κ1) is 16.1. The molecule has 1 amide bonds. The maximum atomic E-state index is 11.7. The van der Waals surface area contributed by atoms with Crippen molar-refractivity contribution < 1.29 is 19.2 Å². The Bertz CT molecular complexity index is 738. The van der Waals surface area contributed by atoms with Crippen LogP contribution in [0.25, 0.3) is 0 Å². The number of aromatic nitrogens is 2. The minimum Gasteiger partial charge on any atom is -0.449 e. The summed E-state index contributed by atoms with van der Waals surface area (Å²) >= 11 is 5.76. The van der Waals surface area contributed by atoms with Crippen LogP contribution in [0.5, 0.6) is 6.01 Å². The van der Waals surface area contributed by atoms with Crippen LogP contribution in [0.2, 0.25) is 5.02 Å². The Hall–Kier alpha value is -2.81. The van der Waals surface area contributed by atoms with Gasteiger partial charge in [0.05, 0.1) is 13.2 Å². The molecule has 1 aliphatic heterocycles. The molecule has 1 N–H and O–H groups in total. The lowest BCUT2D eigenvalue weighted by Gasteiger charge is -2.10. The van der Waals surface area contributed by atoms with Crippen molar-refractivity contribution >= 4 is 29.2 Å². The summed E-state index contributed by atoms with van der Waals surface area (Å²) in [6.07, 6.45) is 0.953. The Morgan fingerprint density at radius 3 is 2.92 bits per heavy atom. The molecule has 0 spiro atoms. The lowest BCUT2D eigenvalue weighted by atomic mass is 10.3. The van der Waals surface area contributed by atoms with Crippen molar-refractivity contribution in [2.75, 3.05) is 11.9 Å². The highest BCUT2D eigenvalue weighted by atomic mass is 35.5. The van der Waals surface area contributed by atoms with Gasteiger partial charge < -0.3 is 19.6 Å². The smallest absolute Gasteiger partial charge is 0.414 e. The molecule has 1 aliphatic rings. The van der Waals surface area contributed by atoms with E-state index in [1.165, 1.54) is 6.20 Å². The summed E-state index contributed by atoms with van der Waals surface area (Å²) in [7, 11) is 0. The molecule has 9 nitrogen and oxygen atoms in total. The number of ether oxygens (including phenoxy) is 2. The second kappa shape index (κ2) is 6.75. The van der Waals surface area contributed by atoms with Crippen LogP contribution in [0, 0.1) is 10.1 Å². The number of nitrogens with one attached hydrogen (secondary N) is 1. The molecule has 0 aliphatic carbocycles. The van der Waals surface area contributed by atoms with Crippen molar-refractivity contribution in [1.29, 1.82) is 0 Å². The zero-order valence-corrected chi connectivity index (χ0v) is 13.1. The maximum Gasteiger partial charge on any atom is 0.414 e. The van der Waals surface area contributed by atoms with Gasteiger partial charge in [-0.2, -0.15) is 0 Å². The van der Waals surface area contributed by atoms with Gasteiger partial charge in [-0.3, -0.25) is 9.88 Å². The SMILES string of the molecule is O=C(Nc1ccc(Cl)cc1)OCCC1Cn2cc([N+](=O)[O-])nc2O1. The van der Waals surface area contributed by atoms with Crippen molar-refractivity contribution in [2.45, 2.75) is 19.1 Å². The molecule has 0 saturated heterocycles. The van der Waals surface area contributed by atoms with Crippen molar-refractivity contribution in [1.82, 2.24) is 9.55 Å². The third kappa shape index (κ3) is 3.74. The van der Waals surface area contributed by atoms with Gasteiger partial charge in [-0.1, -0.05) is 11.6 Å². The summed E-state index contributed by atoms with van der Waals surface area (Å²) in [6, 6.07) is 6.84. The summed E-state index contributed by atoms with van der Waals surface area (Å²) < 4.78 is 12.1. The summed E-state index contributed by atoms with van der Waals surface area (Å²) in [5.74, 6) is -0.248. The molecule has 126 valence electrons. The molecule has 2 aromatic rings. The quantitative estimate of drug-likeness (QED) is 0.654. The predicted octanol–water partition coefficient (Wildman–Crippen LogP) is 2.84. The average Bonchev–Trinajstić information content (AvgIpc) is 3.08. The number of hydrogen-bond donors (Lipinski definition) is 1. The number of benzene rings is 1. The summed E-state index contributed by atoms with van der Waals surface area (Å²) in [5.41, 5.74) is 0.578. The molecular formula is C14H13ClN4O5. The highest BCUT2D eigenvalue weighted by Crippen LogP contribution is 2.25. The number of halogens is 1. The Balaban J connectivity index is 1.41. The van der Waals surface area contributed by atoms with Gasteiger partial charge in [0.2, 0.25) is 0 Å². The standard InChI is InChI=1S/C14H13ClN4O5/c15-9-1-3-10(4-2-9)16-14(20)23-6-5-11-7-18-8-12(19(21)22)17-13(18)24-11/h1-4,8,11H,5-7H2,(H,16,20). The first-order valence-electron chi connectivity index (χ1n) is 7.09. The van der Waals surface area contributed by atoms with E-state index in [0.717, 1.165) is 0 Å². The van der Waals surface area contributed by atoms with Gasteiger partial charge in [0.15, 0.2) is 0 Å². The van der Waals surface area contributed by atoms with Gasteiger partial charge in [-0.15, -0.1) is 0 Å². The van der Waals surface area contributed by atoms with Crippen LogP contribution in [0.15, 0.2) is 30.5 Å². The van der Waals surface area contributed by atoms with Crippen molar-refractivity contribution in [2.24, 2.45) is 0 Å². The number of carbonyl (C=O) groups is 1. The van der Waals surface area contributed by atoms with Gasteiger partial charge in [0.1, 0.15) is 12.3 Å². The predicted molar refractivity (Wildman–Crippen MR) is 84.3 cm³/mol. The Labute approximate surface area is 141 Å². The third-order valence-corrected chi connectivity index (χ3v) is 3.60. The van der Waals surface area contributed by atoms with Gasteiger partial charge in [-0.25, -0.2) is 4.79 Å². The molecule has 3 rings (SSSR count). The lowest BCUT2D eigenvalue weighted by molar-refractivity contribution is -0.389. The van der Waals surface area contributed by atoms with Crippen molar-refractivity contribution in [3.63, 3.8) is 0 Å². The summed E-state index contributed by atoms with van der Waals surface area (Å²) in [6.45, 7) is 0.579. The molecule has 1 unspecified atom stereocenters. The zero-order valence-electron chi connectivity index (χ0n) is 12.3. The van der Waals surface area contributed by atoms with Gasteiger partial charge in [0.25, 0.3) is 0 Å². The van der Waals surface area contributed by atoms with Crippen LogP contribution in [0.3, 0.4) is 0 Å². The van der Waals surface area contributed by atoms with Gasteiger partial charge >= 0.3 is 17.9 Å². The van der Waals surface area contributed by atoms with Crippen LogP contribution in [-0.2, 0) is 11.3 Å². The summed E-state index contributed by atoms with van der Waals surface area (Å²) in [5, 5.41) is 13.8. The molecule has 10 heteroatoms. The minimum atomic E-state index is -0.580. The van der Waals surface area contributed by atoms with Crippen LogP contribution >= 0.6 is 11.6 Å². The highest BCUT2D eigenvalue weighted by Gasteiger charge is 2.31. The fraction of sp³-hybridized carbons (Fsp3) is 0.286. The first-order chi connectivity index (χ1) is 11.5. The summed E-state index contributed by atoms with van der Waals surface area (Å²) in [4.78, 5) is 25.4. The number of fused-ring (bicyclic) bond motifs is 1. The lowest BCUT2D eigenvalue weighted by Crippen LogP contribution is -2.20. The van der Waals surface area contributed by atoms with E-state index in [4.69, 9.17) is 21.1 Å². The third-order valence-electron chi connectivity index (χ3n) is 3.35. The van der Waals surface area contributed by atoms with Crippen LogP contribution in [0.1, 0.15) is 6.42 Å². The number of carbonyl (C=O) groups excluding carboxylic acids is 1. The second-order valence-electron chi connectivity index (χ2n) is 5.09. The minimum absolute atomic E-state index is 0.150. The van der Waals surface area contributed by atoms with Crippen LogP contribution in [-0.4, -0.2) is 33.3 Å². The molecule has 0 radical (unpaired) electrons. The number of nitrogens with zero attached hydrogens (tertiary/aromatic N) is 3. The van der Waals surface area contributed by atoms with E-state index >= 15 is 0 Å². The Morgan fingerprint density at radius 2 is 2.25 bits per heavy atom. The first-order valence-corrected chi connectivity index (χ1v) is 7.46. The van der Waals surface area contributed by atoms with E-state index in [1.54, 1.807) is 28.8 Å². The monoisotopic (exact) mass is 352 g/mol. The Kier molecular flexibility index (Phi) is 4.52. The number of nitro groups is 1. The number of imidazole rings is 1. The molecular weight excluding hydrogens is 340 g/mol. The van der Waals surface area contributed by atoms with Crippen LogP contribution < -0.4 is 10.1 Å². The maximum absolute atomic E-state index is 11.7. The average molecular weight is 353 g/mol. The normalized spacial score (nSPS) is 15.5. The number of amides is 1. The second-order valence-corrected chi connectivity index (χ2v) is 5.52. The van der Waals surface area contributed by atoms with Gasteiger partial charge in [0, 0.05) is 22.1 Å². The van der Waals surface area contributed by atoms with Crippen molar-refractivity contribution in [3.05, 3.63) is 45.6 Å². The Morgan fingerprint density at radius 1 is 1.50 bits per heavy atom. The molecule has 0 fully saturated rings. The molecule has 1 aromatic carbocycles. The van der Waals surface area contributed by atoms with E-state index in [-0.39, 0.29) is 24.5 Å². The molecule has 24 heavy (non-hydrogen) atoms. The van der Waals surface area contributed by atoms with E-state index in [9.17, 15) is 14.9 Å². The number of rotatable bonds is 5. The van der Waals surface area contributed by atoms with E-state index in [2.05, 4.69) is 10.3 Å². The molecule has 0 saturated carbocycles. The van der Waals surface area contributed by atoms with E-state index < -0.39 is 11.0 Å². The number of hydrogen-bond acceptors (Lipinski definition) is 6. The highest BCUT2D eigenvalue weighted by molar-refractivity contribution is 6.30. The fourth-order valence-corrected chi connectivity index (χ4v) is 2.35. The van der Waals surface area contributed by atoms with Crippen molar-refractivity contribution in [3.8, 4) is 6.01 Å². The van der Waals surface area contributed by atoms with E-state index in [0.29, 0.717) is 23.7 Å². The molecule has 1 aromatic heterocycles. The van der Waals surface area contributed by atoms with E-state index in [1.807, 2.05) is 0 Å². The molecule has 2 heterocycles. The molecule has 1 atom stereocenters. The van der Waals surface area contributed by atoms with Crippen LogP contribution in [0.4, 0.5) is 16.3 Å². The number of anilines is 1. The van der Waals surface area contributed by atoms with Gasteiger partial charge in [-0.05, 0) is 29.2 Å². The fourth-order valence-electron chi connectivity index (χ4n) is 2.22. The largest absolute Gasteiger partial charge is 0.449 e. The molecule has 0 bridgehead atoms. The zero-order chi connectivity index (χ0) is 17.1.